The van der Waals surface area contributed by atoms with Crippen molar-refractivity contribution in [3.05, 3.63) is 83.9 Å². The number of carbonyl (C=O) groups excluding carboxylic acids is 1. The average Bonchev–Trinajstić information content (AvgIpc) is 3.37. The summed E-state index contributed by atoms with van der Waals surface area (Å²) < 4.78 is 1.93. The number of H-pyrrole nitrogens is 1. The van der Waals surface area contributed by atoms with Crippen LogP contribution in [0.1, 0.15) is 27.5 Å². The van der Waals surface area contributed by atoms with E-state index in [0.29, 0.717) is 18.7 Å². The summed E-state index contributed by atoms with van der Waals surface area (Å²) in [5.41, 5.74) is 4.79. The molecule has 128 valence electrons. The van der Waals surface area contributed by atoms with Gasteiger partial charge in [-0.2, -0.15) is 5.10 Å². The molecular formula is C20H17N5O. The molecule has 0 aliphatic carbocycles. The van der Waals surface area contributed by atoms with Crippen LogP contribution in [0.15, 0.2) is 67.3 Å². The van der Waals surface area contributed by atoms with Crippen LogP contribution in [-0.4, -0.2) is 37.1 Å². The highest BCUT2D eigenvalue weighted by Crippen LogP contribution is 2.30. The Balaban J connectivity index is 1.52. The normalized spacial score (nSPS) is 16.6. The van der Waals surface area contributed by atoms with Gasteiger partial charge < -0.3 is 9.88 Å². The number of benzene rings is 2. The summed E-state index contributed by atoms with van der Waals surface area (Å²) in [5.74, 6) is 0.0214. The van der Waals surface area contributed by atoms with Crippen LogP contribution in [-0.2, 0) is 6.54 Å². The van der Waals surface area contributed by atoms with Gasteiger partial charge in [0.2, 0.25) is 0 Å². The minimum Gasteiger partial charge on any atom is -0.345 e. The van der Waals surface area contributed by atoms with E-state index >= 15 is 0 Å². The number of carbonyl (C=O) groups is 1. The summed E-state index contributed by atoms with van der Waals surface area (Å²) in [7, 11) is 0. The number of aromatic amines is 1. The lowest BCUT2D eigenvalue weighted by Gasteiger charge is -2.35. The number of aromatic nitrogens is 4. The van der Waals surface area contributed by atoms with Gasteiger partial charge in [-0.1, -0.05) is 24.3 Å². The molecule has 1 amide bonds. The predicted molar refractivity (Wildman–Crippen MR) is 97.6 cm³/mol. The first kappa shape index (κ1) is 14.9. The van der Waals surface area contributed by atoms with Crippen molar-refractivity contribution in [2.45, 2.75) is 12.6 Å². The van der Waals surface area contributed by atoms with Crippen LogP contribution < -0.4 is 0 Å². The van der Waals surface area contributed by atoms with Crippen molar-refractivity contribution < 1.29 is 4.79 Å². The van der Waals surface area contributed by atoms with Gasteiger partial charge in [0, 0.05) is 31.0 Å². The summed E-state index contributed by atoms with van der Waals surface area (Å²) in [6, 6.07) is 15.8. The molecule has 6 nitrogen and oxygen atoms in total. The lowest BCUT2D eigenvalue weighted by atomic mass is 9.95. The van der Waals surface area contributed by atoms with E-state index in [-0.39, 0.29) is 11.9 Å². The maximum absolute atomic E-state index is 13.2. The zero-order valence-electron chi connectivity index (χ0n) is 14.0. The molecule has 2 aromatic heterocycles. The van der Waals surface area contributed by atoms with E-state index in [9.17, 15) is 4.79 Å². The Labute approximate surface area is 150 Å². The summed E-state index contributed by atoms with van der Waals surface area (Å²) in [6.45, 7) is 1.20. The van der Waals surface area contributed by atoms with Crippen LogP contribution in [0.4, 0.5) is 0 Å². The Morgan fingerprint density at radius 3 is 2.96 bits per heavy atom. The highest BCUT2D eigenvalue weighted by Gasteiger charge is 2.30. The Kier molecular flexibility index (Phi) is 3.35. The fourth-order valence-corrected chi connectivity index (χ4v) is 3.68. The molecule has 0 radical (unpaired) electrons. The second-order valence-corrected chi connectivity index (χ2v) is 6.52. The van der Waals surface area contributed by atoms with Gasteiger partial charge in [-0.25, -0.2) is 4.98 Å². The molecular weight excluding hydrogens is 326 g/mol. The number of hydrogen-bond acceptors (Lipinski definition) is 3. The molecule has 5 rings (SSSR count). The standard InChI is InChI=1S/C20H17N5O/c26-20(14-6-7-17-18(10-14)22-13-21-17)24-11-15-4-1-2-5-16(15)19(12-24)25-9-3-8-23-25/h1-10,13,19H,11-12H2,(H,21,22)/t19-/m0/s1. The first-order valence-electron chi connectivity index (χ1n) is 8.59. The van der Waals surface area contributed by atoms with Crippen molar-refractivity contribution >= 4 is 16.9 Å². The van der Waals surface area contributed by atoms with Crippen molar-refractivity contribution in [3.63, 3.8) is 0 Å². The fourth-order valence-electron chi connectivity index (χ4n) is 3.68. The summed E-state index contributed by atoms with van der Waals surface area (Å²) in [4.78, 5) is 22.3. The van der Waals surface area contributed by atoms with Crippen LogP contribution in [0.2, 0.25) is 0 Å². The molecule has 0 fully saturated rings. The number of imidazole rings is 1. The highest BCUT2D eigenvalue weighted by molar-refractivity contribution is 5.97. The molecule has 4 aromatic rings. The molecule has 2 aromatic carbocycles. The average molecular weight is 343 g/mol. The Morgan fingerprint density at radius 1 is 1.15 bits per heavy atom. The molecule has 1 N–H and O–H groups in total. The molecule has 0 bridgehead atoms. The third-order valence-electron chi connectivity index (χ3n) is 4.97. The van der Waals surface area contributed by atoms with E-state index in [1.165, 1.54) is 5.56 Å². The van der Waals surface area contributed by atoms with Crippen LogP contribution in [0.3, 0.4) is 0 Å². The van der Waals surface area contributed by atoms with Crippen molar-refractivity contribution in [3.8, 4) is 0 Å². The minimum absolute atomic E-state index is 0.0214. The number of amides is 1. The van der Waals surface area contributed by atoms with Crippen LogP contribution >= 0.6 is 0 Å². The number of rotatable bonds is 2. The third kappa shape index (κ3) is 2.38. The zero-order chi connectivity index (χ0) is 17.5. The highest BCUT2D eigenvalue weighted by atomic mass is 16.2. The number of nitrogens with one attached hydrogen (secondary N) is 1. The van der Waals surface area contributed by atoms with Gasteiger partial charge in [0.15, 0.2) is 0 Å². The van der Waals surface area contributed by atoms with Gasteiger partial charge in [-0.05, 0) is 35.4 Å². The van der Waals surface area contributed by atoms with E-state index in [1.807, 2.05) is 52.2 Å². The summed E-state index contributed by atoms with van der Waals surface area (Å²) in [5, 5.41) is 4.40. The van der Waals surface area contributed by atoms with Crippen molar-refractivity contribution in [2.75, 3.05) is 6.54 Å². The molecule has 0 unspecified atom stereocenters. The van der Waals surface area contributed by atoms with Crippen molar-refractivity contribution in [1.82, 2.24) is 24.6 Å². The lowest BCUT2D eigenvalue weighted by Crippen LogP contribution is -2.40. The fraction of sp³-hybridized carbons (Fsp3) is 0.150. The van der Waals surface area contributed by atoms with Crippen molar-refractivity contribution in [1.29, 1.82) is 0 Å². The number of fused-ring (bicyclic) bond motifs is 2. The van der Waals surface area contributed by atoms with E-state index in [0.717, 1.165) is 16.6 Å². The maximum atomic E-state index is 13.2. The van der Waals surface area contributed by atoms with Crippen LogP contribution in [0.25, 0.3) is 11.0 Å². The lowest BCUT2D eigenvalue weighted by molar-refractivity contribution is 0.0706. The van der Waals surface area contributed by atoms with Gasteiger partial charge in [-0.3, -0.25) is 9.48 Å². The zero-order valence-corrected chi connectivity index (χ0v) is 14.0. The topological polar surface area (TPSA) is 66.8 Å². The SMILES string of the molecule is O=C(c1ccc2nc[nH]c2c1)N1Cc2ccccc2[C@@H](n2cccn2)C1. The van der Waals surface area contributed by atoms with Gasteiger partial charge in [0.1, 0.15) is 0 Å². The molecule has 0 saturated carbocycles. The Bertz CT molecular complexity index is 1080. The van der Waals surface area contributed by atoms with Gasteiger partial charge in [0.25, 0.3) is 5.91 Å². The Hall–Kier alpha value is -3.41. The minimum atomic E-state index is 0.0214. The molecule has 1 aliphatic heterocycles. The Morgan fingerprint density at radius 2 is 2.08 bits per heavy atom. The largest absolute Gasteiger partial charge is 0.345 e. The number of hydrogen-bond donors (Lipinski definition) is 1. The third-order valence-corrected chi connectivity index (χ3v) is 4.97. The van der Waals surface area contributed by atoms with E-state index in [2.05, 4.69) is 27.2 Å². The molecule has 0 saturated heterocycles. The maximum Gasteiger partial charge on any atom is 0.254 e. The second-order valence-electron chi connectivity index (χ2n) is 6.52. The van der Waals surface area contributed by atoms with E-state index < -0.39 is 0 Å². The van der Waals surface area contributed by atoms with Crippen molar-refractivity contribution in [2.24, 2.45) is 0 Å². The van der Waals surface area contributed by atoms with E-state index in [1.54, 1.807) is 12.5 Å². The quantitative estimate of drug-likeness (QED) is 0.608. The predicted octanol–water partition coefficient (Wildman–Crippen LogP) is 3.00. The number of nitrogens with zero attached hydrogens (tertiary/aromatic N) is 4. The molecule has 1 atom stereocenters. The molecule has 0 spiro atoms. The van der Waals surface area contributed by atoms with Gasteiger partial charge in [0.05, 0.1) is 23.4 Å². The molecule has 6 heteroatoms. The first-order chi connectivity index (χ1) is 12.8. The monoisotopic (exact) mass is 343 g/mol. The van der Waals surface area contributed by atoms with Gasteiger partial charge >= 0.3 is 0 Å². The van der Waals surface area contributed by atoms with Crippen LogP contribution in [0.5, 0.6) is 0 Å². The molecule has 3 heterocycles. The van der Waals surface area contributed by atoms with E-state index in [4.69, 9.17) is 0 Å². The van der Waals surface area contributed by atoms with Gasteiger partial charge in [-0.15, -0.1) is 0 Å². The molecule has 1 aliphatic rings. The smallest absolute Gasteiger partial charge is 0.254 e. The molecule has 26 heavy (non-hydrogen) atoms. The summed E-state index contributed by atoms with van der Waals surface area (Å²) in [6.07, 6.45) is 5.37. The summed E-state index contributed by atoms with van der Waals surface area (Å²) >= 11 is 0. The first-order valence-corrected chi connectivity index (χ1v) is 8.59. The second kappa shape index (κ2) is 5.84. The van der Waals surface area contributed by atoms with Crippen LogP contribution in [0, 0.1) is 0 Å².